The van der Waals surface area contributed by atoms with Gasteiger partial charge in [0, 0.05) is 32.5 Å². The van der Waals surface area contributed by atoms with Crippen LogP contribution in [0.2, 0.25) is 0 Å². The second kappa shape index (κ2) is 11.8. The fourth-order valence-corrected chi connectivity index (χ4v) is 2.79. The molecule has 2 rings (SSSR count). The van der Waals surface area contributed by atoms with Crippen molar-refractivity contribution in [3.05, 3.63) is 47.8 Å². The van der Waals surface area contributed by atoms with E-state index in [0.29, 0.717) is 11.5 Å². The molecule has 28 heavy (non-hydrogen) atoms. The van der Waals surface area contributed by atoms with E-state index in [-0.39, 0.29) is 30.5 Å². The molecule has 1 heterocycles. The van der Waals surface area contributed by atoms with E-state index in [4.69, 9.17) is 9.47 Å². The van der Waals surface area contributed by atoms with Gasteiger partial charge >= 0.3 is 0 Å². The largest absolute Gasteiger partial charge is 0.493 e. The Labute approximate surface area is 184 Å². The number of nitrogens with zero attached hydrogens (tertiary/aromatic N) is 3. The number of aliphatic hydroxyl groups excluding tert-OH is 1. The Balaban J connectivity index is 0.00000392. The maximum atomic E-state index is 10.5. The summed E-state index contributed by atoms with van der Waals surface area (Å²) in [7, 11) is 7.17. The molecule has 0 amide bonds. The van der Waals surface area contributed by atoms with E-state index >= 15 is 0 Å². The van der Waals surface area contributed by atoms with Gasteiger partial charge in [-0.1, -0.05) is 6.07 Å². The number of methoxy groups -OCH3 is 2. The Bertz CT molecular complexity index is 764. The van der Waals surface area contributed by atoms with Crippen molar-refractivity contribution in [2.45, 2.75) is 19.6 Å². The van der Waals surface area contributed by atoms with E-state index in [0.717, 1.165) is 24.6 Å². The number of aromatic nitrogens is 1. The molecule has 0 spiro atoms. The minimum atomic E-state index is -0.734. The predicted octanol–water partition coefficient (Wildman–Crippen LogP) is 2.79. The molecule has 2 aromatic rings. The number of hydrogen-bond donors (Lipinski definition) is 2. The van der Waals surface area contributed by atoms with E-state index < -0.39 is 6.10 Å². The quantitative estimate of drug-likeness (QED) is 0.330. The molecule has 0 saturated heterocycles. The van der Waals surface area contributed by atoms with Gasteiger partial charge in [-0.05, 0) is 36.8 Å². The Morgan fingerprint density at radius 3 is 2.54 bits per heavy atom. The fraction of sp³-hybridized carbons (Fsp3) is 0.450. The van der Waals surface area contributed by atoms with Crippen LogP contribution in [0.4, 0.5) is 0 Å². The highest BCUT2D eigenvalue weighted by Gasteiger charge is 2.13. The number of rotatable bonds is 8. The number of ether oxygens (including phenoxy) is 2. The van der Waals surface area contributed by atoms with Gasteiger partial charge in [0.25, 0.3) is 0 Å². The lowest BCUT2D eigenvalue weighted by atomic mass is 10.1. The molecule has 0 aliphatic carbocycles. The zero-order chi connectivity index (χ0) is 19.8. The summed E-state index contributed by atoms with van der Waals surface area (Å²) >= 11 is 0. The van der Waals surface area contributed by atoms with Crippen molar-refractivity contribution >= 4 is 29.9 Å². The molecule has 0 aliphatic rings. The maximum absolute atomic E-state index is 10.5. The first-order valence-corrected chi connectivity index (χ1v) is 8.99. The van der Waals surface area contributed by atoms with Crippen LogP contribution < -0.4 is 14.8 Å². The highest BCUT2D eigenvalue weighted by atomic mass is 127. The van der Waals surface area contributed by atoms with Gasteiger partial charge in [0.2, 0.25) is 0 Å². The van der Waals surface area contributed by atoms with Crippen LogP contribution >= 0.6 is 24.0 Å². The molecule has 0 bridgehead atoms. The zero-order valence-corrected chi connectivity index (χ0v) is 19.5. The van der Waals surface area contributed by atoms with Crippen LogP contribution in [0.5, 0.6) is 11.5 Å². The third-order valence-corrected chi connectivity index (χ3v) is 4.35. The SMILES string of the molecule is CCNC(=NCC(O)c1ccc(OC)c(OC)c1)N(C)Cc1cccn1C.I. The van der Waals surface area contributed by atoms with E-state index in [9.17, 15) is 5.11 Å². The first-order chi connectivity index (χ1) is 13.0. The second-order valence-corrected chi connectivity index (χ2v) is 6.29. The molecular weight excluding hydrogens is 471 g/mol. The van der Waals surface area contributed by atoms with Crippen molar-refractivity contribution in [3.8, 4) is 11.5 Å². The summed E-state index contributed by atoms with van der Waals surface area (Å²) in [6.07, 6.45) is 1.29. The molecule has 1 aromatic carbocycles. The fourth-order valence-electron chi connectivity index (χ4n) is 2.79. The summed E-state index contributed by atoms with van der Waals surface area (Å²) in [5.74, 6) is 1.97. The summed E-state index contributed by atoms with van der Waals surface area (Å²) in [5, 5.41) is 13.8. The number of aliphatic imine (C=N–C) groups is 1. The van der Waals surface area contributed by atoms with E-state index in [1.54, 1.807) is 26.4 Å². The number of aliphatic hydroxyl groups is 1. The van der Waals surface area contributed by atoms with Crippen molar-refractivity contribution in [1.29, 1.82) is 0 Å². The van der Waals surface area contributed by atoms with Crippen LogP contribution in [-0.4, -0.2) is 54.9 Å². The Morgan fingerprint density at radius 1 is 1.25 bits per heavy atom. The van der Waals surface area contributed by atoms with Crippen molar-refractivity contribution in [2.75, 3.05) is 34.4 Å². The molecule has 0 aliphatic heterocycles. The lowest BCUT2D eigenvalue weighted by Gasteiger charge is -2.23. The zero-order valence-electron chi connectivity index (χ0n) is 17.2. The van der Waals surface area contributed by atoms with Crippen LogP contribution in [0.3, 0.4) is 0 Å². The summed E-state index contributed by atoms with van der Waals surface area (Å²) < 4.78 is 12.6. The molecule has 0 fully saturated rings. The van der Waals surface area contributed by atoms with Gasteiger partial charge < -0.3 is 29.4 Å². The lowest BCUT2D eigenvalue weighted by molar-refractivity contribution is 0.186. The standard InChI is InChI=1S/C20H30N4O3.HI/c1-6-21-20(24(3)14-16-8-7-11-23(16)2)22-13-17(25)15-9-10-18(26-4)19(12-15)27-5;/h7-12,17,25H,6,13-14H2,1-5H3,(H,21,22);1H. The average Bonchev–Trinajstić information content (AvgIpc) is 3.08. The third kappa shape index (κ3) is 6.30. The number of hydrogen-bond acceptors (Lipinski definition) is 4. The number of halogens is 1. The van der Waals surface area contributed by atoms with Gasteiger partial charge in [-0.3, -0.25) is 4.99 Å². The molecule has 156 valence electrons. The van der Waals surface area contributed by atoms with Crippen molar-refractivity contribution in [2.24, 2.45) is 12.0 Å². The maximum Gasteiger partial charge on any atom is 0.194 e. The van der Waals surface area contributed by atoms with Crippen LogP contribution in [0.15, 0.2) is 41.5 Å². The number of nitrogens with one attached hydrogen (secondary N) is 1. The number of guanidine groups is 1. The summed E-state index contributed by atoms with van der Waals surface area (Å²) in [6, 6.07) is 9.49. The van der Waals surface area contributed by atoms with Gasteiger partial charge in [-0.15, -0.1) is 24.0 Å². The molecule has 1 atom stereocenters. The minimum Gasteiger partial charge on any atom is -0.493 e. The molecule has 0 saturated carbocycles. The van der Waals surface area contributed by atoms with Crippen molar-refractivity contribution in [3.63, 3.8) is 0 Å². The highest BCUT2D eigenvalue weighted by Crippen LogP contribution is 2.30. The second-order valence-electron chi connectivity index (χ2n) is 6.29. The molecule has 8 heteroatoms. The topological polar surface area (TPSA) is 71.2 Å². The van der Waals surface area contributed by atoms with Crippen molar-refractivity contribution in [1.82, 2.24) is 14.8 Å². The molecule has 0 radical (unpaired) electrons. The summed E-state index contributed by atoms with van der Waals surface area (Å²) in [6.45, 7) is 3.75. The first kappa shape index (κ1) is 24.1. The van der Waals surface area contributed by atoms with E-state index in [2.05, 4.69) is 20.9 Å². The van der Waals surface area contributed by atoms with Crippen LogP contribution in [0.1, 0.15) is 24.3 Å². The molecule has 2 N–H and O–H groups in total. The van der Waals surface area contributed by atoms with E-state index in [1.165, 1.54) is 5.69 Å². The van der Waals surface area contributed by atoms with Gasteiger partial charge in [0.05, 0.1) is 33.4 Å². The predicted molar refractivity (Wildman–Crippen MR) is 123 cm³/mol. The Morgan fingerprint density at radius 2 is 1.96 bits per heavy atom. The molecule has 1 aromatic heterocycles. The Kier molecular flexibility index (Phi) is 10.2. The lowest BCUT2D eigenvalue weighted by Crippen LogP contribution is -2.39. The normalized spacial score (nSPS) is 12.1. The summed E-state index contributed by atoms with van der Waals surface area (Å²) in [5.41, 5.74) is 1.92. The van der Waals surface area contributed by atoms with Crippen LogP contribution in [0.25, 0.3) is 0 Å². The van der Waals surface area contributed by atoms with Gasteiger partial charge in [-0.25, -0.2) is 0 Å². The minimum absolute atomic E-state index is 0. The van der Waals surface area contributed by atoms with Gasteiger partial charge in [-0.2, -0.15) is 0 Å². The van der Waals surface area contributed by atoms with Crippen LogP contribution in [-0.2, 0) is 13.6 Å². The number of benzene rings is 1. The monoisotopic (exact) mass is 502 g/mol. The molecular formula is C20H31IN4O3. The van der Waals surface area contributed by atoms with E-state index in [1.807, 2.05) is 44.2 Å². The smallest absolute Gasteiger partial charge is 0.194 e. The Hall–Kier alpha value is -1.94. The average molecular weight is 502 g/mol. The van der Waals surface area contributed by atoms with Crippen molar-refractivity contribution < 1.29 is 14.6 Å². The molecule has 1 unspecified atom stereocenters. The van der Waals surface area contributed by atoms with Crippen LogP contribution in [0, 0.1) is 0 Å². The first-order valence-electron chi connectivity index (χ1n) is 8.99. The summed E-state index contributed by atoms with van der Waals surface area (Å²) in [4.78, 5) is 6.64. The van der Waals surface area contributed by atoms with Gasteiger partial charge in [0.1, 0.15) is 0 Å². The number of aryl methyl sites for hydroxylation is 1. The van der Waals surface area contributed by atoms with Gasteiger partial charge in [0.15, 0.2) is 17.5 Å². The molecule has 7 nitrogen and oxygen atoms in total. The highest BCUT2D eigenvalue weighted by molar-refractivity contribution is 14.0. The third-order valence-electron chi connectivity index (χ3n) is 4.35.